The lowest BCUT2D eigenvalue weighted by Gasteiger charge is -2.25. The van der Waals surface area contributed by atoms with Crippen LogP contribution in [-0.2, 0) is 0 Å². The van der Waals surface area contributed by atoms with Gasteiger partial charge in [0.05, 0.1) is 5.60 Å². The number of nitrogens with one attached hydrogen (secondary N) is 1. The van der Waals surface area contributed by atoms with Gasteiger partial charge in [-0.25, -0.2) is 0 Å². The van der Waals surface area contributed by atoms with Gasteiger partial charge in [-0.3, -0.25) is 0 Å². The second-order valence-electron chi connectivity index (χ2n) is 5.37. The second-order valence-corrected chi connectivity index (χ2v) is 5.80. The predicted octanol–water partition coefficient (Wildman–Crippen LogP) is 2.06. The largest absolute Gasteiger partial charge is 0.387 e. The van der Waals surface area contributed by atoms with Gasteiger partial charge in [-0.15, -0.1) is 0 Å². The highest BCUT2D eigenvalue weighted by atomic mass is 35.5. The Hall–Kier alpha value is -0.610. The Balaban J connectivity index is 1.88. The van der Waals surface area contributed by atoms with Gasteiger partial charge in [0, 0.05) is 30.7 Å². The first kappa shape index (κ1) is 13.8. The summed E-state index contributed by atoms with van der Waals surface area (Å²) in [5, 5.41) is 14.5. The van der Waals surface area contributed by atoms with Gasteiger partial charge >= 0.3 is 0 Å². The molecule has 100 valence electrons. The third-order valence-electron chi connectivity index (χ3n) is 3.63. The minimum Gasteiger partial charge on any atom is -0.387 e. The molecule has 4 heteroatoms. The number of likely N-dealkylation sites (N-methyl/N-ethyl adjacent to an activating group) is 1. The minimum atomic E-state index is -0.588. The minimum absolute atomic E-state index is 0.220. The number of hydrogen-bond acceptors (Lipinski definition) is 3. The van der Waals surface area contributed by atoms with E-state index in [4.69, 9.17) is 11.6 Å². The summed E-state index contributed by atoms with van der Waals surface area (Å²) in [6.07, 6.45) is 0.837. The van der Waals surface area contributed by atoms with Crippen LogP contribution in [0.15, 0.2) is 24.3 Å². The Labute approximate surface area is 114 Å². The number of benzene rings is 1. The molecule has 1 heterocycles. The fraction of sp³-hybridized carbons (Fsp3) is 0.571. The summed E-state index contributed by atoms with van der Waals surface area (Å²) in [7, 11) is 2.04. The fourth-order valence-electron chi connectivity index (χ4n) is 2.42. The molecular weight excluding hydrogens is 248 g/mol. The predicted molar refractivity (Wildman–Crippen MR) is 74.9 cm³/mol. The van der Waals surface area contributed by atoms with Gasteiger partial charge in [0.15, 0.2) is 0 Å². The van der Waals surface area contributed by atoms with E-state index in [-0.39, 0.29) is 6.04 Å². The van der Waals surface area contributed by atoms with Crippen LogP contribution >= 0.6 is 11.6 Å². The first-order valence-corrected chi connectivity index (χ1v) is 6.76. The van der Waals surface area contributed by atoms with Gasteiger partial charge < -0.3 is 15.3 Å². The van der Waals surface area contributed by atoms with E-state index >= 15 is 0 Å². The van der Waals surface area contributed by atoms with E-state index in [1.165, 1.54) is 5.56 Å². The van der Waals surface area contributed by atoms with Gasteiger partial charge in [0.2, 0.25) is 0 Å². The standard InChI is InChI=1S/C14H21ClN2O/c1-11(12-3-5-13(15)6-4-12)16-9-14(18)7-8-17(2)10-14/h3-6,11,16,18H,7-10H2,1-2H3. The van der Waals surface area contributed by atoms with Gasteiger partial charge in [-0.1, -0.05) is 23.7 Å². The van der Waals surface area contributed by atoms with Crippen molar-refractivity contribution in [3.8, 4) is 0 Å². The van der Waals surface area contributed by atoms with E-state index in [9.17, 15) is 5.11 Å². The Morgan fingerprint density at radius 2 is 2.11 bits per heavy atom. The molecule has 0 saturated carbocycles. The molecule has 0 amide bonds. The topological polar surface area (TPSA) is 35.5 Å². The molecule has 2 unspecified atom stereocenters. The normalized spacial score (nSPS) is 26.4. The molecule has 2 N–H and O–H groups in total. The molecule has 3 nitrogen and oxygen atoms in total. The maximum Gasteiger partial charge on any atom is 0.0909 e. The SMILES string of the molecule is CC(NCC1(O)CCN(C)C1)c1ccc(Cl)cc1. The number of hydrogen-bond donors (Lipinski definition) is 2. The molecule has 1 aliphatic rings. The summed E-state index contributed by atoms with van der Waals surface area (Å²) in [5.74, 6) is 0. The molecule has 1 fully saturated rings. The van der Waals surface area contributed by atoms with Crippen LogP contribution in [0.25, 0.3) is 0 Å². The third kappa shape index (κ3) is 3.45. The summed E-state index contributed by atoms with van der Waals surface area (Å²) in [6, 6.07) is 8.05. The van der Waals surface area contributed by atoms with E-state index in [0.717, 1.165) is 24.5 Å². The van der Waals surface area contributed by atoms with E-state index in [1.807, 2.05) is 31.3 Å². The maximum absolute atomic E-state index is 10.4. The Morgan fingerprint density at radius 3 is 2.67 bits per heavy atom. The molecular formula is C14H21ClN2O. The molecule has 0 bridgehead atoms. The number of β-amino-alcohol motifs (C(OH)–C–C–N with tert-alkyl or cyclic N) is 1. The van der Waals surface area contributed by atoms with Crippen LogP contribution < -0.4 is 5.32 Å². The number of nitrogens with zero attached hydrogens (tertiary/aromatic N) is 1. The summed E-state index contributed by atoms with van der Waals surface area (Å²) < 4.78 is 0. The third-order valence-corrected chi connectivity index (χ3v) is 3.88. The monoisotopic (exact) mass is 268 g/mol. The summed E-state index contributed by atoms with van der Waals surface area (Å²) in [4.78, 5) is 2.16. The van der Waals surface area contributed by atoms with Crippen molar-refractivity contribution in [3.63, 3.8) is 0 Å². The second kappa shape index (κ2) is 5.57. The lowest BCUT2D eigenvalue weighted by Crippen LogP contribution is -2.43. The van der Waals surface area contributed by atoms with Gasteiger partial charge in [-0.2, -0.15) is 0 Å². The van der Waals surface area contributed by atoms with Crippen molar-refractivity contribution < 1.29 is 5.11 Å². The van der Waals surface area contributed by atoms with Crippen molar-refractivity contribution in [2.45, 2.75) is 25.0 Å². The highest BCUT2D eigenvalue weighted by molar-refractivity contribution is 6.30. The van der Waals surface area contributed by atoms with Crippen molar-refractivity contribution in [1.29, 1.82) is 0 Å². The Morgan fingerprint density at radius 1 is 1.44 bits per heavy atom. The van der Waals surface area contributed by atoms with Crippen LogP contribution in [0.4, 0.5) is 0 Å². The zero-order chi connectivity index (χ0) is 13.2. The van der Waals surface area contributed by atoms with Crippen molar-refractivity contribution in [3.05, 3.63) is 34.9 Å². The molecule has 1 saturated heterocycles. The lowest BCUT2D eigenvalue weighted by atomic mass is 10.0. The molecule has 0 spiro atoms. The van der Waals surface area contributed by atoms with Crippen LogP contribution in [0.3, 0.4) is 0 Å². The molecule has 2 atom stereocenters. The zero-order valence-electron chi connectivity index (χ0n) is 11.0. The molecule has 0 aliphatic carbocycles. The highest BCUT2D eigenvalue weighted by Crippen LogP contribution is 2.21. The molecule has 0 radical (unpaired) electrons. The van der Waals surface area contributed by atoms with E-state index < -0.39 is 5.60 Å². The number of halogens is 1. The average Bonchev–Trinajstić information content (AvgIpc) is 2.68. The fourth-order valence-corrected chi connectivity index (χ4v) is 2.54. The molecule has 2 rings (SSSR count). The van der Waals surface area contributed by atoms with E-state index in [2.05, 4.69) is 17.1 Å². The van der Waals surface area contributed by atoms with Crippen LogP contribution in [0.2, 0.25) is 5.02 Å². The molecule has 1 aromatic carbocycles. The van der Waals surface area contributed by atoms with Crippen LogP contribution in [0.5, 0.6) is 0 Å². The summed E-state index contributed by atoms with van der Waals surface area (Å²) in [5.41, 5.74) is 0.601. The van der Waals surface area contributed by atoms with E-state index in [1.54, 1.807) is 0 Å². The van der Waals surface area contributed by atoms with Crippen molar-refractivity contribution in [2.24, 2.45) is 0 Å². The molecule has 18 heavy (non-hydrogen) atoms. The Bertz CT molecular complexity index is 395. The number of rotatable bonds is 4. The smallest absolute Gasteiger partial charge is 0.0909 e. The van der Waals surface area contributed by atoms with Crippen LogP contribution in [0, 0.1) is 0 Å². The van der Waals surface area contributed by atoms with Crippen molar-refractivity contribution in [1.82, 2.24) is 10.2 Å². The van der Waals surface area contributed by atoms with E-state index in [0.29, 0.717) is 6.54 Å². The molecule has 1 aromatic rings. The van der Waals surface area contributed by atoms with Crippen LogP contribution in [0.1, 0.15) is 24.9 Å². The maximum atomic E-state index is 10.4. The van der Waals surface area contributed by atoms with Crippen molar-refractivity contribution >= 4 is 11.6 Å². The lowest BCUT2D eigenvalue weighted by molar-refractivity contribution is 0.0494. The summed E-state index contributed by atoms with van der Waals surface area (Å²) >= 11 is 5.87. The molecule has 0 aromatic heterocycles. The van der Waals surface area contributed by atoms with Gasteiger partial charge in [0.25, 0.3) is 0 Å². The average molecular weight is 269 g/mol. The quantitative estimate of drug-likeness (QED) is 0.878. The summed E-state index contributed by atoms with van der Waals surface area (Å²) in [6.45, 7) is 4.44. The first-order valence-electron chi connectivity index (χ1n) is 6.38. The highest BCUT2D eigenvalue weighted by Gasteiger charge is 2.34. The van der Waals surface area contributed by atoms with Crippen molar-refractivity contribution in [2.75, 3.05) is 26.7 Å². The first-order chi connectivity index (χ1) is 8.48. The zero-order valence-corrected chi connectivity index (χ0v) is 11.7. The van der Waals surface area contributed by atoms with Gasteiger partial charge in [0.1, 0.15) is 0 Å². The van der Waals surface area contributed by atoms with Crippen LogP contribution in [-0.4, -0.2) is 42.3 Å². The number of aliphatic hydroxyl groups is 1. The molecule has 1 aliphatic heterocycles. The Kier molecular flexibility index (Phi) is 4.28. The number of likely N-dealkylation sites (tertiary alicyclic amines) is 1. The van der Waals surface area contributed by atoms with Gasteiger partial charge in [-0.05, 0) is 38.1 Å².